The van der Waals surface area contributed by atoms with E-state index in [0.29, 0.717) is 17.2 Å². The van der Waals surface area contributed by atoms with Crippen LogP contribution in [0, 0.1) is 0 Å². The van der Waals surface area contributed by atoms with Gasteiger partial charge < -0.3 is 14.4 Å². The number of hydrogen-bond acceptors (Lipinski definition) is 3. The molecule has 1 aliphatic heterocycles. The molecule has 0 N–H and O–H groups in total. The minimum atomic E-state index is -0.537. The van der Waals surface area contributed by atoms with E-state index in [1.54, 1.807) is 0 Å². The van der Waals surface area contributed by atoms with Crippen LogP contribution in [0.5, 0.6) is 23.0 Å². The van der Waals surface area contributed by atoms with Crippen LogP contribution in [0.25, 0.3) is 44.5 Å². The first-order valence-electron chi connectivity index (χ1n) is 19.8. The molecule has 0 saturated heterocycles. The van der Waals surface area contributed by atoms with Gasteiger partial charge in [-0.25, -0.2) is 0 Å². The van der Waals surface area contributed by atoms with Crippen molar-refractivity contribution in [3.05, 3.63) is 235 Å². The highest BCUT2D eigenvalue weighted by Crippen LogP contribution is 2.67. The van der Waals surface area contributed by atoms with Crippen molar-refractivity contribution < 1.29 is 9.47 Å². The Morgan fingerprint density at radius 3 is 1.47 bits per heavy atom. The van der Waals surface area contributed by atoms with E-state index in [-0.39, 0.29) is 0 Å². The van der Waals surface area contributed by atoms with Gasteiger partial charge in [0.25, 0.3) is 0 Å². The minimum absolute atomic E-state index is 0.537. The average Bonchev–Trinajstić information content (AvgIpc) is 3.77. The van der Waals surface area contributed by atoms with Gasteiger partial charge in [-0.05, 0) is 110 Å². The van der Waals surface area contributed by atoms with Gasteiger partial charge in [0, 0.05) is 23.0 Å². The second-order valence-corrected chi connectivity index (χ2v) is 15.2. The van der Waals surface area contributed by atoms with Gasteiger partial charge in [0.05, 0.1) is 11.1 Å². The molecule has 58 heavy (non-hydrogen) atoms. The molecule has 0 atom stereocenters. The summed E-state index contributed by atoms with van der Waals surface area (Å²) in [6.45, 7) is 0. The summed E-state index contributed by atoms with van der Waals surface area (Å²) in [5.41, 5.74) is 17.2. The van der Waals surface area contributed by atoms with Gasteiger partial charge in [-0.2, -0.15) is 0 Å². The standard InChI is InChI=1S/C55H35NO2/c1-3-14-36(15-4-1)38-16-13-17-39(34-38)37-26-28-41(29-27-37)56(40-18-5-2-6-19-40)42-30-32-50-52(35-42)57-51-33-31-46-45-22-9-12-25-49(45)55(53(46)54(51)58-50)47-23-10-7-20-43(47)44-21-8-11-24-48(44)55/h1-35H. The van der Waals surface area contributed by atoms with E-state index in [0.717, 1.165) is 33.9 Å². The highest BCUT2D eigenvalue weighted by atomic mass is 16.6. The van der Waals surface area contributed by atoms with E-state index in [1.165, 1.54) is 55.6 Å². The first-order valence-corrected chi connectivity index (χ1v) is 19.8. The lowest BCUT2D eigenvalue weighted by Gasteiger charge is -2.33. The summed E-state index contributed by atoms with van der Waals surface area (Å²) in [6.07, 6.45) is 0. The molecule has 0 saturated carbocycles. The van der Waals surface area contributed by atoms with E-state index in [4.69, 9.17) is 9.47 Å². The maximum absolute atomic E-state index is 7.08. The molecule has 0 radical (unpaired) electrons. The summed E-state index contributed by atoms with van der Waals surface area (Å²) >= 11 is 0. The molecule has 1 spiro atoms. The van der Waals surface area contributed by atoms with E-state index in [2.05, 4.69) is 217 Å². The van der Waals surface area contributed by atoms with Crippen molar-refractivity contribution in [2.75, 3.05) is 4.90 Å². The molecule has 9 aromatic rings. The summed E-state index contributed by atoms with van der Waals surface area (Å²) in [4.78, 5) is 2.27. The molecule has 0 fully saturated rings. The largest absolute Gasteiger partial charge is 0.449 e. The highest BCUT2D eigenvalue weighted by molar-refractivity contribution is 5.97. The van der Waals surface area contributed by atoms with E-state index < -0.39 is 5.41 Å². The summed E-state index contributed by atoms with van der Waals surface area (Å²) in [5, 5.41) is 0. The predicted molar refractivity (Wildman–Crippen MR) is 235 cm³/mol. The zero-order chi connectivity index (χ0) is 38.2. The molecule has 0 unspecified atom stereocenters. The number of nitrogens with zero attached hydrogens (tertiary/aromatic N) is 1. The lowest BCUT2D eigenvalue weighted by molar-refractivity contribution is 0.355. The quantitative estimate of drug-likeness (QED) is 0.175. The Hall–Kier alpha value is -7.62. The topological polar surface area (TPSA) is 21.7 Å². The zero-order valence-corrected chi connectivity index (χ0v) is 31.5. The number of rotatable bonds is 5. The van der Waals surface area contributed by atoms with Crippen molar-refractivity contribution in [1.29, 1.82) is 0 Å². The normalized spacial score (nSPS) is 13.2. The van der Waals surface area contributed by atoms with Crippen molar-refractivity contribution in [2.24, 2.45) is 0 Å². The van der Waals surface area contributed by atoms with Crippen LogP contribution in [0.4, 0.5) is 17.1 Å². The number of para-hydroxylation sites is 1. The lowest BCUT2D eigenvalue weighted by Crippen LogP contribution is -2.26. The molecule has 0 bridgehead atoms. The average molecular weight is 742 g/mol. The van der Waals surface area contributed by atoms with Crippen LogP contribution in [-0.4, -0.2) is 0 Å². The Morgan fingerprint density at radius 1 is 0.310 bits per heavy atom. The molecule has 1 heterocycles. The molecule has 272 valence electrons. The Morgan fingerprint density at radius 2 is 0.810 bits per heavy atom. The van der Waals surface area contributed by atoms with Gasteiger partial charge >= 0.3 is 0 Å². The van der Waals surface area contributed by atoms with Crippen molar-refractivity contribution in [3.63, 3.8) is 0 Å². The van der Waals surface area contributed by atoms with Crippen molar-refractivity contribution >= 4 is 17.1 Å². The number of anilines is 3. The van der Waals surface area contributed by atoms with E-state index in [1.807, 2.05) is 0 Å². The maximum atomic E-state index is 7.08. The molecule has 3 heteroatoms. The summed E-state index contributed by atoms with van der Waals surface area (Å²) in [7, 11) is 0. The molecule has 9 aromatic carbocycles. The number of hydrogen-bond donors (Lipinski definition) is 0. The van der Waals surface area contributed by atoms with Crippen molar-refractivity contribution in [3.8, 4) is 67.5 Å². The summed E-state index contributed by atoms with van der Waals surface area (Å²) in [6, 6.07) is 75.6. The number of benzene rings is 9. The molecule has 3 nitrogen and oxygen atoms in total. The predicted octanol–water partition coefficient (Wildman–Crippen LogP) is 14.7. The third-order valence-electron chi connectivity index (χ3n) is 12.1. The van der Waals surface area contributed by atoms with Crippen LogP contribution in [0.1, 0.15) is 22.3 Å². The second-order valence-electron chi connectivity index (χ2n) is 15.2. The lowest BCUT2D eigenvalue weighted by atomic mass is 9.70. The molecular formula is C55H35NO2. The third kappa shape index (κ3) is 4.74. The van der Waals surface area contributed by atoms with Gasteiger partial charge in [-0.1, -0.05) is 158 Å². The van der Waals surface area contributed by atoms with Crippen molar-refractivity contribution in [1.82, 2.24) is 0 Å². The van der Waals surface area contributed by atoms with Gasteiger partial charge in [0.1, 0.15) is 0 Å². The van der Waals surface area contributed by atoms with Gasteiger partial charge in [0.2, 0.25) is 0 Å². The zero-order valence-electron chi connectivity index (χ0n) is 31.5. The Labute approximate surface area is 337 Å². The highest BCUT2D eigenvalue weighted by Gasteiger charge is 2.54. The molecule has 2 aliphatic carbocycles. The smallest absolute Gasteiger partial charge is 0.175 e. The van der Waals surface area contributed by atoms with E-state index in [9.17, 15) is 0 Å². The summed E-state index contributed by atoms with van der Waals surface area (Å²) in [5.74, 6) is 2.85. The Balaban J connectivity index is 0.945. The fourth-order valence-corrected chi connectivity index (χ4v) is 9.68. The molecular weight excluding hydrogens is 707 g/mol. The summed E-state index contributed by atoms with van der Waals surface area (Å²) < 4.78 is 14.0. The van der Waals surface area contributed by atoms with Crippen LogP contribution in [0.2, 0.25) is 0 Å². The number of fused-ring (bicyclic) bond motifs is 13. The second kappa shape index (κ2) is 12.7. The fourth-order valence-electron chi connectivity index (χ4n) is 9.68. The van der Waals surface area contributed by atoms with Crippen LogP contribution in [0.15, 0.2) is 212 Å². The Kier molecular flexibility index (Phi) is 7.14. The maximum Gasteiger partial charge on any atom is 0.175 e. The first kappa shape index (κ1) is 32.6. The van der Waals surface area contributed by atoms with Crippen LogP contribution in [-0.2, 0) is 5.41 Å². The molecule has 0 aromatic heterocycles. The minimum Gasteiger partial charge on any atom is -0.449 e. The Bertz CT molecular complexity index is 3000. The SMILES string of the molecule is c1ccc(-c2cccc(-c3ccc(N(c4ccccc4)c4ccc5c(c4)Oc4ccc6c(c4O5)C4(c5ccccc5-c5ccccc54)c4ccccc4-6)cc3)c2)cc1. The fraction of sp³-hybridized carbons (Fsp3) is 0.0182. The van der Waals surface area contributed by atoms with E-state index >= 15 is 0 Å². The van der Waals surface area contributed by atoms with Crippen LogP contribution >= 0.6 is 0 Å². The van der Waals surface area contributed by atoms with Crippen LogP contribution in [0.3, 0.4) is 0 Å². The molecule has 0 amide bonds. The van der Waals surface area contributed by atoms with Crippen molar-refractivity contribution in [2.45, 2.75) is 5.41 Å². The third-order valence-corrected chi connectivity index (χ3v) is 12.1. The molecule has 3 aliphatic rings. The van der Waals surface area contributed by atoms with Crippen LogP contribution < -0.4 is 14.4 Å². The van der Waals surface area contributed by atoms with Gasteiger partial charge in [-0.15, -0.1) is 0 Å². The van der Waals surface area contributed by atoms with Gasteiger partial charge in [0.15, 0.2) is 23.0 Å². The monoisotopic (exact) mass is 741 g/mol. The first-order chi connectivity index (χ1) is 28.8. The molecule has 12 rings (SSSR count). The van der Waals surface area contributed by atoms with Gasteiger partial charge in [-0.3, -0.25) is 0 Å². The number of ether oxygens (including phenoxy) is 2.